The Morgan fingerprint density at radius 2 is 1.42 bits per heavy atom. The number of nitrogens with one attached hydrogen (secondary N) is 1. The van der Waals surface area contributed by atoms with E-state index in [0.717, 1.165) is 23.7 Å². The van der Waals surface area contributed by atoms with E-state index < -0.39 is 0 Å². The van der Waals surface area contributed by atoms with Crippen molar-refractivity contribution in [1.82, 2.24) is 5.32 Å². The molecule has 142 valence electrons. The van der Waals surface area contributed by atoms with E-state index in [-0.39, 0.29) is 6.10 Å². The predicted octanol–water partition coefficient (Wildman–Crippen LogP) is 6.61. The van der Waals surface area contributed by atoms with Crippen LogP contribution >= 0.6 is 11.6 Å². The third kappa shape index (κ3) is 6.34. The van der Waals surface area contributed by atoms with Crippen LogP contribution in [-0.4, -0.2) is 12.6 Å². The molecule has 0 aliphatic rings. The van der Waals surface area contributed by atoms with Crippen LogP contribution < -0.4 is 10.1 Å². The average molecular weight is 374 g/mol. The first-order valence-corrected chi connectivity index (χ1v) is 10.00. The average Bonchev–Trinajstić information content (AvgIpc) is 2.59. The van der Waals surface area contributed by atoms with Gasteiger partial charge in [0.25, 0.3) is 0 Å². The normalized spacial score (nSPS) is 13.8. The summed E-state index contributed by atoms with van der Waals surface area (Å²) in [5.74, 6) is 2.08. The van der Waals surface area contributed by atoms with Gasteiger partial charge < -0.3 is 10.1 Å². The number of hydrogen-bond acceptors (Lipinski definition) is 2. The molecule has 2 aromatic rings. The molecule has 2 rings (SSSR count). The van der Waals surface area contributed by atoms with Crippen LogP contribution in [0.3, 0.4) is 0 Å². The van der Waals surface area contributed by atoms with Crippen molar-refractivity contribution in [1.29, 1.82) is 0 Å². The van der Waals surface area contributed by atoms with Crippen molar-refractivity contribution < 1.29 is 4.74 Å². The summed E-state index contributed by atoms with van der Waals surface area (Å²) in [4.78, 5) is 0. The van der Waals surface area contributed by atoms with E-state index in [9.17, 15) is 0 Å². The molecular weight excluding hydrogens is 342 g/mol. The molecule has 0 unspecified atom stereocenters. The molecule has 0 aliphatic carbocycles. The second kappa shape index (κ2) is 9.99. The van der Waals surface area contributed by atoms with E-state index in [1.54, 1.807) is 0 Å². The van der Waals surface area contributed by atoms with Crippen LogP contribution in [0.15, 0.2) is 48.5 Å². The topological polar surface area (TPSA) is 21.3 Å². The van der Waals surface area contributed by atoms with Gasteiger partial charge in [-0.25, -0.2) is 0 Å². The quantitative estimate of drug-likeness (QED) is 0.534. The Balaban J connectivity index is 1.92. The molecule has 2 atom stereocenters. The second-order valence-corrected chi connectivity index (χ2v) is 8.04. The lowest BCUT2D eigenvalue weighted by Crippen LogP contribution is -2.22. The van der Waals surface area contributed by atoms with Gasteiger partial charge in [-0.05, 0) is 81.0 Å². The summed E-state index contributed by atoms with van der Waals surface area (Å²) in [5.41, 5.74) is 2.66. The number of rotatable bonds is 9. The summed E-state index contributed by atoms with van der Waals surface area (Å²) in [5, 5.41) is 4.43. The molecule has 0 saturated carbocycles. The Bertz CT molecular complexity index is 649. The minimum absolute atomic E-state index is 0.209. The van der Waals surface area contributed by atoms with Crippen LogP contribution in [0, 0.1) is 5.92 Å². The minimum atomic E-state index is 0.209. The van der Waals surface area contributed by atoms with Crippen molar-refractivity contribution in [3.63, 3.8) is 0 Å². The first kappa shape index (κ1) is 20.8. The molecule has 0 saturated heterocycles. The maximum atomic E-state index is 5.97. The molecule has 3 heteroatoms. The third-order valence-electron chi connectivity index (χ3n) is 4.76. The molecule has 2 aromatic carbocycles. The smallest absolute Gasteiger partial charge is 0.119 e. The summed E-state index contributed by atoms with van der Waals surface area (Å²) in [6.45, 7) is 11.9. The van der Waals surface area contributed by atoms with Crippen molar-refractivity contribution in [2.45, 2.75) is 59.1 Å². The fourth-order valence-electron chi connectivity index (χ4n) is 3.28. The first-order valence-electron chi connectivity index (χ1n) is 9.62. The van der Waals surface area contributed by atoms with E-state index in [1.807, 2.05) is 12.1 Å². The van der Waals surface area contributed by atoms with Gasteiger partial charge in [-0.1, -0.05) is 49.7 Å². The highest BCUT2D eigenvalue weighted by Gasteiger charge is 2.16. The minimum Gasteiger partial charge on any atom is -0.491 e. The van der Waals surface area contributed by atoms with Gasteiger partial charge in [0.1, 0.15) is 5.75 Å². The zero-order valence-electron chi connectivity index (χ0n) is 16.6. The summed E-state index contributed by atoms with van der Waals surface area (Å²) in [6.07, 6.45) is 1.32. The van der Waals surface area contributed by atoms with Crippen LogP contribution in [0.5, 0.6) is 5.75 Å². The summed E-state index contributed by atoms with van der Waals surface area (Å²) in [7, 11) is 0. The third-order valence-corrected chi connectivity index (χ3v) is 5.01. The number of benzene rings is 2. The van der Waals surface area contributed by atoms with Gasteiger partial charge in [0, 0.05) is 11.1 Å². The van der Waals surface area contributed by atoms with E-state index in [4.69, 9.17) is 16.3 Å². The molecule has 0 radical (unpaired) electrons. The molecule has 0 spiro atoms. The fourth-order valence-corrected chi connectivity index (χ4v) is 3.40. The standard InChI is InChI=1S/C23H32ClNO/c1-16(2)23(20-8-12-22(13-9-20)26-17(3)4)14-15-25-18(5)19-6-10-21(24)11-7-19/h6-13,16-18,23,25H,14-15H2,1-5H3/t18-,23+/m0/s1. The Kier molecular flexibility index (Phi) is 7.99. The zero-order chi connectivity index (χ0) is 19.1. The Labute approximate surface area is 163 Å². The molecule has 0 aliphatic heterocycles. The van der Waals surface area contributed by atoms with Crippen molar-refractivity contribution in [2.24, 2.45) is 5.92 Å². The molecular formula is C23H32ClNO. The van der Waals surface area contributed by atoms with E-state index in [1.165, 1.54) is 11.1 Å². The summed E-state index contributed by atoms with van der Waals surface area (Å²) in [6, 6.07) is 17.0. The van der Waals surface area contributed by atoms with Crippen LogP contribution in [0.25, 0.3) is 0 Å². The zero-order valence-corrected chi connectivity index (χ0v) is 17.4. The highest BCUT2D eigenvalue weighted by molar-refractivity contribution is 6.30. The Hall–Kier alpha value is -1.51. The Morgan fingerprint density at radius 1 is 0.846 bits per heavy atom. The molecule has 1 N–H and O–H groups in total. The maximum absolute atomic E-state index is 5.97. The molecule has 0 amide bonds. The highest BCUT2D eigenvalue weighted by atomic mass is 35.5. The molecule has 0 aromatic heterocycles. The molecule has 0 bridgehead atoms. The van der Waals surface area contributed by atoms with Gasteiger partial charge in [0.05, 0.1) is 6.10 Å². The Morgan fingerprint density at radius 3 is 1.96 bits per heavy atom. The molecule has 26 heavy (non-hydrogen) atoms. The van der Waals surface area contributed by atoms with Crippen LogP contribution in [0.4, 0.5) is 0 Å². The van der Waals surface area contributed by atoms with Gasteiger partial charge in [0.15, 0.2) is 0 Å². The van der Waals surface area contributed by atoms with E-state index in [2.05, 4.69) is 76.3 Å². The van der Waals surface area contributed by atoms with Crippen LogP contribution in [0.1, 0.15) is 64.1 Å². The monoisotopic (exact) mass is 373 g/mol. The van der Waals surface area contributed by atoms with E-state index >= 15 is 0 Å². The highest BCUT2D eigenvalue weighted by Crippen LogP contribution is 2.29. The van der Waals surface area contributed by atoms with Gasteiger partial charge in [-0.3, -0.25) is 0 Å². The predicted molar refractivity (Wildman–Crippen MR) is 112 cm³/mol. The fraction of sp³-hybridized carbons (Fsp3) is 0.478. The first-order chi connectivity index (χ1) is 12.4. The van der Waals surface area contributed by atoms with Gasteiger partial charge in [-0.2, -0.15) is 0 Å². The van der Waals surface area contributed by atoms with Crippen molar-refractivity contribution in [2.75, 3.05) is 6.54 Å². The lowest BCUT2D eigenvalue weighted by Gasteiger charge is -2.23. The SMILES string of the molecule is CC(C)Oc1ccc([C@H](CCN[C@@H](C)c2ccc(Cl)cc2)C(C)C)cc1. The molecule has 2 nitrogen and oxygen atoms in total. The van der Waals surface area contributed by atoms with Crippen LogP contribution in [0.2, 0.25) is 5.02 Å². The lowest BCUT2D eigenvalue weighted by atomic mass is 9.85. The van der Waals surface area contributed by atoms with Crippen molar-refractivity contribution in [3.8, 4) is 5.75 Å². The lowest BCUT2D eigenvalue weighted by molar-refractivity contribution is 0.242. The largest absolute Gasteiger partial charge is 0.491 e. The second-order valence-electron chi connectivity index (χ2n) is 7.60. The number of halogens is 1. The summed E-state index contributed by atoms with van der Waals surface area (Å²) < 4.78 is 5.76. The summed E-state index contributed by atoms with van der Waals surface area (Å²) >= 11 is 5.97. The van der Waals surface area contributed by atoms with Gasteiger partial charge in [-0.15, -0.1) is 0 Å². The number of ether oxygens (including phenoxy) is 1. The van der Waals surface area contributed by atoms with Crippen molar-refractivity contribution >= 4 is 11.6 Å². The maximum Gasteiger partial charge on any atom is 0.119 e. The molecule has 0 fully saturated rings. The van der Waals surface area contributed by atoms with E-state index in [0.29, 0.717) is 17.9 Å². The van der Waals surface area contributed by atoms with Gasteiger partial charge >= 0.3 is 0 Å². The van der Waals surface area contributed by atoms with Gasteiger partial charge in [0.2, 0.25) is 0 Å². The number of hydrogen-bond donors (Lipinski definition) is 1. The van der Waals surface area contributed by atoms with Crippen molar-refractivity contribution in [3.05, 3.63) is 64.7 Å². The molecule has 0 heterocycles. The van der Waals surface area contributed by atoms with Crippen LogP contribution in [-0.2, 0) is 0 Å².